The Labute approximate surface area is 178 Å². The average Bonchev–Trinajstić information content (AvgIpc) is 3.33. The Hall–Kier alpha value is -3.14. The van der Waals surface area contributed by atoms with Gasteiger partial charge in [0.25, 0.3) is 0 Å². The van der Waals surface area contributed by atoms with E-state index in [1.165, 1.54) is 11.3 Å². The van der Waals surface area contributed by atoms with Gasteiger partial charge in [0.1, 0.15) is 16.6 Å². The maximum atomic E-state index is 13.0. The highest BCUT2D eigenvalue weighted by Gasteiger charge is 2.28. The van der Waals surface area contributed by atoms with Crippen LogP contribution in [-0.2, 0) is 11.8 Å². The molecule has 0 unspecified atom stereocenters. The molecule has 4 rings (SSSR count). The number of anilines is 2. The van der Waals surface area contributed by atoms with E-state index in [0.29, 0.717) is 23.3 Å². The second-order valence-corrected chi connectivity index (χ2v) is 8.48. The molecule has 0 saturated carbocycles. The molecule has 1 N–H and O–H groups in total. The lowest BCUT2D eigenvalue weighted by atomic mass is 9.98. The van der Waals surface area contributed by atoms with Crippen molar-refractivity contribution in [3.63, 3.8) is 0 Å². The quantitative estimate of drug-likeness (QED) is 0.628. The van der Waals surface area contributed by atoms with Crippen molar-refractivity contribution in [1.82, 2.24) is 34.8 Å². The summed E-state index contributed by atoms with van der Waals surface area (Å²) in [6.07, 6.45) is 9.95. The number of carbonyl (C=O) groups is 1. The third kappa shape index (κ3) is 4.70. The Morgan fingerprint density at radius 3 is 2.87 bits per heavy atom. The molecule has 30 heavy (non-hydrogen) atoms. The number of hydrogen-bond donors (Lipinski definition) is 1. The maximum absolute atomic E-state index is 13.0. The molecular weight excluding hydrogens is 400 g/mol. The summed E-state index contributed by atoms with van der Waals surface area (Å²) in [6, 6.07) is 1.83. The van der Waals surface area contributed by atoms with E-state index in [1.807, 2.05) is 38.1 Å². The van der Waals surface area contributed by atoms with E-state index in [-0.39, 0.29) is 11.9 Å². The highest BCUT2D eigenvalue weighted by Crippen LogP contribution is 2.31. The third-order valence-corrected chi connectivity index (χ3v) is 5.64. The summed E-state index contributed by atoms with van der Waals surface area (Å²) in [5, 5.41) is 17.0. The monoisotopic (exact) mass is 424 g/mol. The average molecular weight is 425 g/mol. The SMILES string of the molecule is Cc1nc(Nc2nnc(C)s2)cc([C@H]2CCCCN2C(=O)/C=C/c2cnn(C)c2)n1. The van der Waals surface area contributed by atoms with Gasteiger partial charge in [-0.25, -0.2) is 9.97 Å². The fourth-order valence-corrected chi connectivity index (χ4v) is 4.17. The molecule has 1 atom stereocenters. The van der Waals surface area contributed by atoms with E-state index in [9.17, 15) is 4.79 Å². The summed E-state index contributed by atoms with van der Waals surface area (Å²) in [4.78, 5) is 24.0. The van der Waals surface area contributed by atoms with Gasteiger partial charge in [-0.1, -0.05) is 11.3 Å². The summed E-state index contributed by atoms with van der Waals surface area (Å²) in [6.45, 7) is 4.48. The second-order valence-electron chi connectivity index (χ2n) is 7.30. The number of carbonyl (C=O) groups excluding carboxylic acids is 1. The second kappa shape index (κ2) is 8.70. The maximum Gasteiger partial charge on any atom is 0.247 e. The molecule has 4 heterocycles. The lowest BCUT2D eigenvalue weighted by molar-refractivity contribution is -0.129. The molecule has 3 aromatic rings. The molecule has 0 spiro atoms. The zero-order valence-electron chi connectivity index (χ0n) is 17.2. The number of piperidine rings is 1. The van der Waals surface area contributed by atoms with Gasteiger partial charge in [0.2, 0.25) is 11.0 Å². The molecule has 1 aliphatic rings. The van der Waals surface area contributed by atoms with Crippen LogP contribution in [0.3, 0.4) is 0 Å². The van der Waals surface area contributed by atoms with Crippen LogP contribution < -0.4 is 5.32 Å². The first-order chi connectivity index (χ1) is 14.5. The largest absolute Gasteiger partial charge is 0.331 e. The number of hydrogen-bond acceptors (Lipinski definition) is 8. The van der Waals surface area contributed by atoms with Crippen molar-refractivity contribution in [2.24, 2.45) is 7.05 Å². The van der Waals surface area contributed by atoms with E-state index in [4.69, 9.17) is 0 Å². The third-order valence-electron chi connectivity index (χ3n) is 4.89. The lowest BCUT2D eigenvalue weighted by Crippen LogP contribution is -2.38. The molecule has 0 bridgehead atoms. The van der Waals surface area contributed by atoms with Gasteiger partial charge >= 0.3 is 0 Å². The van der Waals surface area contributed by atoms with Crippen LogP contribution in [0.5, 0.6) is 0 Å². The molecule has 1 fully saturated rings. The number of nitrogens with one attached hydrogen (secondary N) is 1. The number of amides is 1. The molecular formula is C20H24N8OS. The van der Waals surface area contributed by atoms with Crippen LogP contribution in [0.15, 0.2) is 24.5 Å². The molecule has 0 aliphatic carbocycles. The summed E-state index contributed by atoms with van der Waals surface area (Å²) >= 11 is 1.47. The molecule has 156 valence electrons. The van der Waals surface area contributed by atoms with Gasteiger partial charge in [-0.3, -0.25) is 9.48 Å². The van der Waals surface area contributed by atoms with Gasteiger partial charge in [0.15, 0.2) is 0 Å². The molecule has 1 amide bonds. The molecule has 0 aromatic carbocycles. The Morgan fingerprint density at radius 2 is 2.13 bits per heavy atom. The van der Waals surface area contributed by atoms with Crippen LogP contribution in [0.1, 0.15) is 47.4 Å². The standard InChI is InChI=1S/C20H24N8OS/c1-13-22-16(10-18(23-13)24-20-26-25-14(2)30-20)17-6-4-5-9-28(17)19(29)8-7-15-11-21-27(3)12-15/h7-8,10-12,17H,4-6,9H2,1-3H3,(H,22,23,24,26)/b8-7+/t17-/m1/s1. The number of aromatic nitrogens is 6. The zero-order chi connectivity index (χ0) is 21.1. The van der Waals surface area contributed by atoms with Gasteiger partial charge in [0.05, 0.1) is 17.9 Å². The minimum atomic E-state index is -0.0804. The summed E-state index contributed by atoms with van der Waals surface area (Å²) in [5.74, 6) is 1.30. The Balaban J connectivity index is 1.55. The summed E-state index contributed by atoms with van der Waals surface area (Å²) in [7, 11) is 1.85. The molecule has 0 radical (unpaired) electrons. The van der Waals surface area contributed by atoms with Gasteiger partial charge in [0, 0.05) is 37.5 Å². The molecule has 9 nitrogen and oxygen atoms in total. The predicted molar refractivity (Wildman–Crippen MR) is 115 cm³/mol. The normalized spacial score (nSPS) is 16.9. The highest BCUT2D eigenvalue weighted by atomic mass is 32.1. The van der Waals surface area contributed by atoms with Crippen molar-refractivity contribution < 1.29 is 4.79 Å². The van der Waals surface area contributed by atoms with E-state index in [2.05, 4.69) is 30.6 Å². The Bertz CT molecular complexity index is 1070. The molecule has 3 aromatic heterocycles. The lowest BCUT2D eigenvalue weighted by Gasteiger charge is -2.35. The van der Waals surface area contributed by atoms with Crippen molar-refractivity contribution in [2.75, 3.05) is 11.9 Å². The Morgan fingerprint density at radius 1 is 1.27 bits per heavy atom. The summed E-state index contributed by atoms with van der Waals surface area (Å²) < 4.78 is 1.71. The Kier molecular flexibility index (Phi) is 5.84. The first-order valence-corrected chi connectivity index (χ1v) is 10.7. The van der Waals surface area contributed by atoms with Gasteiger partial charge in [-0.05, 0) is 39.2 Å². The highest BCUT2D eigenvalue weighted by molar-refractivity contribution is 7.15. The molecule has 10 heteroatoms. The van der Waals surface area contributed by atoms with Crippen molar-refractivity contribution >= 4 is 34.3 Å². The van der Waals surface area contributed by atoms with Crippen LogP contribution in [0.2, 0.25) is 0 Å². The fourth-order valence-electron chi connectivity index (χ4n) is 3.57. The number of nitrogens with zero attached hydrogens (tertiary/aromatic N) is 7. The van der Waals surface area contributed by atoms with Gasteiger partial charge in [-0.15, -0.1) is 10.2 Å². The van der Waals surface area contributed by atoms with Crippen LogP contribution in [-0.4, -0.2) is 47.3 Å². The summed E-state index contributed by atoms with van der Waals surface area (Å²) in [5.41, 5.74) is 1.74. The van der Waals surface area contributed by atoms with Gasteiger partial charge in [-0.2, -0.15) is 5.10 Å². The zero-order valence-corrected chi connectivity index (χ0v) is 18.1. The molecule has 1 aliphatic heterocycles. The minimum Gasteiger partial charge on any atom is -0.331 e. The van der Waals surface area contributed by atoms with Crippen molar-refractivity contribution in [1.29, 1.82) is 0 Å². The van der Waals surface area contributed by atoms with Crippen LogP contribution >= 0.6 is 11.3 Å². The van der Waals surface area contributed by atoms with Crippen molar-refractivity contribution in [2.45, 2.75) is 39.2 Å². The van der Waals surface area contributed by atoms with Crippen molar-refractivity contribution in [3.05, 3.63) is 46.6 Å². The number of rotatable bonds is 5. The number of aryl methyl sites for hydroxylation is 3. The predicted octanol–water partition coefficient (Wildman–Crippen LogP) is 3.19. The first kappa shape index (κ1) is 20.1. The van der Waals surface area contributed by atoms with Crippen LogP contribution in [0.25, 0.3) is 6.08 Å². The van der Waals surface area contributed by atoms with Crippen molar-refractivity contribution in [3.8, 4) is 0 Å². The smallest absolute Gasteiger partial charge is 0.247 e. The van der Waals surface area contributed by atoms with E-state index in [0.717, 1.165) is 35.5 Å². The molecule has 1 saturated heterocycles. The van der Waals surface area contributed by atoms with Gasteiger partial charge < -0.3 is 10.2 Å². The fraction of sp³-hybridized carbons (Fsp3) is 0.400. The van der Waals surface area contributed by atoms with Crippen LogP contribution in [0.4, 0.5) is 10.9 Å². The van der Waals surface area contributed by atoms with E-state index >= 15 is 0 Å². The topological polar surface area (TPSA) is 102 Å². The number of likely N-dealkylation sites (tertiary alicyclic amines) is 1. The first-order valence-electron chi connectivity index (χ1n) is 9.88. The van der Waals surface area contributed by atoms with E-state index < -0.39 is 0 Å². The van der Waals surface area contributed by atoms with Crippen LogP contribution in [0, 0.1) is 13.8 Å². The van der Waals surface area contributed by atoms with E-state index in [1.54, 1.807) is 23.0 Å². The minimum absolute atomic E-state index is 0.0194.